The standard InChI is InChI=1S/C22H23N5O4S/c28-20(24-23-12-17-7-4-10-29-17)13-32-22-26-25-21(27(22)16-5-2-1-3-6-16)15-8-9-18-19(11-15)31-14-30-18/h4,7-12,16H,1-3,5-6,13-14H2,(H,24,28)/b23-12+. The summed E-state index contributed by atoms with van der Waals surface area (Å²) in [7, 11) is 0. The van der Waals surface area contributed by atoms with E-state index in [9.17, 15) is 4.79 Å². The van der Waals surface area contributed by atoms with Crippen LogP contribution in [-0.4, -0.2) is 39.4 Å². The monoisotopic (exact) mass is 453 g/mol. The van der Waals surface area contributed by atoms with Gasteiger partial charge in [0.2, 0.25) is 6.79 Å². The van der Waals surface area contributed by atoms with Gasteiger partial charge in [0, 0.05) is 11.6 Å². The molecular formula is C22H23N5O4S. The second kappa shape index (κ2) is 9.47. The van der Waals surface area contributed by atoms with Crippen LogP contribution in [0.5, 0.6) is 11.5 Å². The van der Waals surface area contributed by atoms with E-state index in [1.807, 2.05) is 18.2 Å². The van der Waals surface area contributed by atoms with Gasteiger partial charge >= 0.3 is 0 Å². The lowest BCUT2D eigenvalue weighted by atomic mass is 9.95. The largest absolute Gasteiger partial charge is 0.463 e. The molecule has 0 unspecified atom stereocenters. The molecule has 2 aliphatic rings. The number of hydrogen-bond donors (Lipinski definition) is 1. The number of amides is 1. The number of furan rings is 1. The number of carbonyl (C=O) groups is 1. The molecule has 166 valence electrons. The maximum atomic E-state index is 12.3. The maximum absolute atomic E-state index is 12.3. The van der Waals surface area contributed by atoms with Crippen LogP contribution in [0.15, 0.2) is 51.3 Å². The molecule has 1 amide bonds. The molecule has 1 aliphatic heterocycles. The number of thioether (sulfide) groups is 1. The zero-order valence-corrected chi connectivity index (χ0v) is 18.2. The number of nitrogens with zero attached hydrogens (tertiary/aromatic N) is 4. The SMILES string of the molecule is O=C(CSc1nnc(-c2ccc3c(c2)OCO3)n1C1CCCCC1)N/N=C/c1ccco1. The number of fused-ring (bicyclic) bond motifs is 1. The van der Waals surface area contributed by atoms with Crippen molar-refractivity contribution < 1.29 is 18.7 Å². The first-order valence-corrected chi connectivity index (χ1v) is 11.6. The molecule has 0 radical (unpaired) electrons. The van der Waals surface area contributed by atoms with Gasteiger partial charge in [-0.2, -0.15) is 5.10 Å². The molecule has 5 rings (SSSR count). The molecule has 3 aromatic rings. The molecule has 0 spiro atoms. The van der Waals surface area contributed by atoms with Gasteiger partial charge in [0.25, 0.3) is 5.91 Å². The molecule has 0 saturated heterocycles. The van der Waals surface area contributed by atoms with Crippen molar-refractivity contribution in [3.63, 3.8) is 0 Å². The molecule has 2 aromatic heterocycles. The van der Waals surface area contributed by atoms with E-state index in [1.54, 1.807) is 18.4 Å². The predicted molar refractivity (Wildman–Crippen MR) is 119 cm³/mol. The Morgan fingerprint density at radius 1 is 1.19 bits per heavy atom. The van der Waals surface area contributed by atoms with Crippen LogP contribution in [0.3, 0.4) is 0 Å². The van der Waals surface area contributed by atoms with Gasteiger partial charge in [-0.05, 0) is 43.2 Å². The van der Waals surface area contributed by atoms with Crippen LogP contribution in [0.2, 0.25) is 0 Å². The summed E-state index contributed by atoms with van der Waals surface area (Å²) < 4.78 is 18.3. The number of ether oxygens (including phenoxy) is 2. The number of aromatic nitrogens is 3. The Morgan fingerprint density at radius 3 is 2.91 bits per heavy atom. The van der Waals surface area contributed by atoms with Crippen molar-refractivity contribution in [2.45, 2.75) is 43.3 Å². The Hall–Kier alpha value is -3.27. The molecule has 1 aromatic carbocycles. The number of benzene rings is 1. The van der Waals surface area contributed by atoms with Crippen molar-refractivity contribution in [1.82, 2.24) is 20.2 Å². The fourth-order valence-corrected chi connectivity index (χ4v) is 4.77. The Labute approximate surface area is 189 Å². The van der Waals surface area contributed by atoms with Gasteiger partial charge in [-0.15, -0.1) is 10.2 Å². The van der Waals surface area contributed by atoms with Crippen molar-refractivity contribution in [1.29, 1.82) is 0 Å². The predicted octanol–water partition coefficient (Wildman–Crippen LogP) is 4.01. The number of rotatable bonds is 7. The first-order valence-electron chi connectivity index (χ1n) is 10.6. The van der Waals surface area contributed by atoms with Gasteiger partial charge in [-0.3, -0.25) is 9.36 Å². The first-order chi connectivity index (χ1) is 15.8. The summed E-state index contributed by atoms with van der Waals surface area (Å²) >= 11 is 1.36. The molecule has 0 atom stereocenters. The van der Waals surface area contributed by atoms with E-state index in [0.29, 0.717) is 17.6 Å². The molecule has 1 aliphatic carbocycles. The zero-order chi connectivity index (χ0) is 21.8. The third-order valence-corrected chi connectivity index (χ3v) is 6.43. The molecule has 3 heterocycles. The molecule has 0 bridgehead atoms. The number of hydrazone groups is 1. The fraction of sp³-hybridized carbons (Fsp3) is 0.364. The smallest absolute Gasteiger partial charge is 0.250 e. The van der Waals surface area contributed by atoms with Crippen LogP contribution in [0, 0.1) is 0 Å². The van der Waals surface area contributed by atoms with E-state index in [1.165, 1.54) is 37.2 Å². The van der Waals surface area contributed by atoms with Gasteiger partial charge in [0.05, 0.1) is 18.2 Å². The van der Waals surface area contributed by atoms with Crippen molar-refractivity contribution >= 4 is 23.9 Å². The van der Waals surface area contributed by atoms with E-state index in [0.717, 1.165) is 35.1 Å². The summed E-state index contributed by atoms with van der Waals surface area (Å²) in [5.74, 6) is 2.77. The number of nitrogens with one attached hydrogen (secondary N) is 1. The van der Waals surface area contributed by atoms with E-state index in [2.05, 4.69) is 25.3 Å². The Morgan fingerprint density at radius 2 is 2.06 bits per heavy atom. The van der Waals surface area contributed by atoms with Crippen LogP contribution in [0.25, 0.3) is 11.4 Å². The Balaban J connectivity index is 1.33. The summed E-state index contributed by atoms with van der Waals surface area (Å²) in [5.41, 5.74) is 3.44. The Kier molecular flexibility index (Phi) is 6.11. The minimum absolute atomic E-state index is 0.182. The topological polar surface area (TPSA) is 104 Å². The van der Waals surface area contributed by atoms with E-state index < -0.39 is 0 Å². The van der Waals surface area contributed by atoms with Crippen LogP contribution >= 0.6 is 11.8 Å². The molecule has 1 saturated carbocycles. The first kappa shape index (κ1) is 20.6. The minimum Gasteiger partial charge on any atom is -0.463 e. The zero-order valence-electron chi connectivity index (χ0n) is 17.4. The van der Waals surface area contributed by atoms with E-state index in [4.69, 9.17) is 13.9 Å². The molecular weight excluding hydrogens is 430 g/mol. The third kappa shape index (κ3) is 4.50. The van der Waals surface area contributed by atoms with Gasteiger partial charge in [-0.1, -0.05) is 31.0 Å². The summed E-state index contributed by atoms with van der Waals surface area (Å²) in [6.07, 6.45) is 8.76. The van der Waals surface area contributed by atoms with Crippen LogP contribution in [-0.2, 0) is 4.79 Å². The van der Waals surface area contributed by atoms with Gasteiger partial charge in [-0.25, -0.2) is 5.43 Å². The lowest BCUT2D eigenvalue weighted by molar-refractivity contribution is -0.118. The van der Waals surface area contributed by atoms with Crippen LogP contribution in [0.4, 0.5) is 0 Å². The lowest BCUT2D eigenvalue weighted by Crippen LogP contribution is -2.20. The molecule has 1 N–H and O–H groups in total. The quantitative estimate of drug-likeness (QED) is 0.327. The Bertz CT molecular complexity index is 1110. The lowest BCUT2D eigenvalue weighted by Gasteiger charge is -2.25. The van der Waals surface area contributed by atoms with Gasteiger partial charge in [0.1, 0.15) is 5.76 Å². The van der Waals surface area contributed by atoms with Crippen LogP contribution < -0.4 is 14.9 Å². The molecule has 1 fully saturated rings. The average Bonchev–Trinajstić information content (AvgIpc) is 3.58. The number of hydrogen-bond acceptors (Lipinski definition) is 8. The summed E-state index contributed by atoms with van der Waals surface area (Å²) in [4.78, 5) is 12.3. The number of carbonyl (C=O) groups excluding carboxylic acids is 1. The van der Waals surface area contributed by atoms with Crippen molar-refractivity contribution in [2.75, 3.05) is 12.5 Å². The van der Waals surface area contributed by atoms with E-state index >= 15 is 0 Å². The molecule has 32 heavy (non-hydrogen) atoms. The normalized spacial score (nSPS) is 16.0. The van der Waals surface area contributed by atoms with Crippen molar-refractivity contribution in [3.8, 4) is 22.9 Å². The molecule has 10 heteroatoms. The summed E-state index contributed by atoms with van der Waals surface area (Å²) in [5, 5.41) is 13.6. The molecule has 9 nitrogen and oxygen atoms in total. The third-order valence-electron chi connectivity index (χ3n) is 5.49. The van der Waals surface area contributed by atoms with Crippen molar-refractivity contribution in [3.05, 3.63) is 42.4 Å². The summed E-state index contributed by atoms with van der Waals surface area (Å²) in [6, 6.07) is 9.64. The van der Waals surface area contributed by atoms with Crippen molar-refractivity contribution in [2.24, 2.45) is 5.10 Å². The van der Waals surface area contributed by atoms with Crippen LogP contribution in [0.1, 0.15) is 43.9 Å². The highest BCUT2D eigenvalue weighted by Crippen LogP contribution is 2.39. The highest BCUT2D eigenvalue weighted by Gasteiger charge is 2.25. The maximum Gasteiger partial charge on any atom is 0.250 e. The average molecular weight is 454 g/mol. The van der Waals surface area contributed by atoms with Gasteiger partial charge in [0.15, 0.2) is 22.5 Å². The fourth-order valence-electron chi connectivity index (χ4n) is 3.97. The van der Waals surface area contributed by atoms with E-state index in [-0.39, 0.29) is 18.5 Å². The highest BCUT2D eigenvalue weighted by molar-refractivity contribution is 7.99. The van der Waals surface area contributed by atoms with Gasteiger partial charge < -0.3 is 13.9 Å². The second-order valence-electron chi connectivity index (χ2n) is 7.63. The summed E-state index contributed by atoms with van der Waals surface area (Å²) in [6.45, 7) is 0.229. The minimum atomic E-state index is -0.222. The highest BCUT2D eigenvalue weighted by atomic mass is 32.2. The second-order valence-corrected chi connectivity index (χ2v) is 8.58.